The Morgan fingerprint density at radius 3 is 2.65 bits per heavy atom. The molecule has 20 heavy (non-hydrogen) atoms. The van der Waals surface area contributed by atoms with E-state index < -0.39 is 0 Å². The molecule has 1 amide bonds. The third-order valence-corrected chi connectivity index (χ3v) is 4.43. The third kappa shape index (κ3) is 4.47. The molecule has 5 heteroatoms. The van der Waals surface area contributed by atoms with Gasteiger partial charge in [-0.05, 0) is 46.4 Å². The molecular weight excluding hydrogens is 340 g/mol. The topological polar surface area (TPSA) is 46.3 Å². The Morgan fingerprint density at radius 2 is 2.10 bits per heavy atom. The summed E-state index contributed by atoms with van der Waals surface area (Å²) < 4.78 is 0.736. The van der Waals surface area contributed by atoms with Gasteiger partial charge >= 0.3 is 0 Å². The summed E-state index contributed by atoms with van der Waals surface area (Å²) in [6, 6.07) is 5.40. The number of halogens is 2. The number of carbonyl (C=O) groups is 1. The predicted molar refractivity (Wildman–Crippen MR) is 88.2 cm³/mol. The Kier molecular flexibility index (Phi) is 6.49. The quantitative estimate of drug-likeness (QED) is 0.834. The molecule has 0 aliphatic rings. The van der Waals surface area contributed by atoms with Crippen LogP contribution in [0.2, 0.25) is 5.02 Å². The average Bonchev–Trinajstić information content (AvgIpc) is 2.40. The zero-order valence-electron chi connectivity index (χ0n) is 12.2. The lowest BCUT2D eigenvalue weighted by molar-refractivity contribution is 0.0689. The molecule has 1 rings (SSSR count). The zero-order valence-corrected chi connectivity index (χ0v) is 14.6. The van der Waals surface area contributed by atoms with Crippen LogP contribution in [0.15, 0.2) is 22.7 Å². The molecule has 3 nitrogen and oxygen atoms in total. The molecule has 0 bridgehead atoms. The average molecular weight is 362 g/mol. The second-order valence-electron chi connectivity index (χ2n) is 5.70. The van der Waals surface area contributed by atoms with Gasteiger partial charge in [0.25, 0.3) is 5.91 Å². The lowest BCUT2D eigenvalue weighted by Gasteiger charge is -2.32. The summed E-state index contributed by atoms with van der Waals surface area (Å²) in [4.78, 5) is 14.5. The standard InChI is InChI=1S/C15H22BrClN2O/c1-4-8-19(10-15(2,3)9-18)14(20)11-6-5-7-12(16)13(11)17/h5-7H,4,8-10,18H2,1-3H3. The number of hydrogen-bond acceptors (Lipinski definition) is 2. The molecule has 0 saturated carbocycles. The smallest absolute Gasteiger partial charge is 0.255 e. The molecule has 0 aliphatic carbocycles. The van der Waals surface area contributed by atoms with Crippen molar-refractivity contribution in [2.45, 2.75) is 27.2 Å². The largest absolute Gasteiger partial charge is 0.338 e. The number of nitrogens with zero attached hydrogens (tertiary/aromatic N) is 1. The fourth-order valence-electron chi connectivity index (χ4n) is 1.94. The highest BCUT2D eigenvalue weighted by atomic mass is 79.9. The number of hydrogen-bond donors (Lipinski definition) is 1. The molecule has 112 valence electrons. The van der Waals surface area contributed by atoms with Gasteiger partial charge in [-0.1, -0.05) is 38.4 Å². The van der Waals surface area contributed by atoms with E-state index in [0.717, 1.165) is 10.9 Å². The van der Waals surface area contributed by atoms with Crippen LogP contribution in [0.5, 0.6) is 0 Å². The first kappa shape index (κ1) is 17.5. The molecule has 0 saturated heterocycles. The van der Waals surface area contributed by atoms with E-state index >= 15 is 0 Å². The molecule has 1 aromatic rings. The molecule has 2 N–H and O–H groups in total. The Balaban J connectivity index is 3.02. The van der Waals surface area contributed by atoms with Gasteiger partial charge in [0.15, 0.2) is 0 Å². The number of carbonyl (C=O) groups excluding carboxylic acids is 1. The minimum absolute atomic E-state index is 0.0420. The maximum absolute atomic E-state index is 12.7. The van der Waals surface area contributed by atoms with Crippen molar-refractivity contribution in [2.75, 3.05) is 19.6 Å². The Morgan fingerprint density at radius 1 is 1.45 bits per heavy atom. The predicted octanol–water partition coefficient (Wildman–Crippen LogP) is 3.94. The van der Waals surface area contributed by atoms with Gasteiger partial charge in [0.1, 0.15) is 0 Å². The summed E-state index contributed by atoms with van der Waals surface area (Å²) in [6.07, 6.45) is 0.901. The van der Waals surface area contributed by atoms with Gasteiger partial charge in [0, 0.05) is 17.6 Å². The van der Waals surface area contributed by atoms with E-state index in [0.29, 0.717) is 30.2 Å². The lowest BCUT2D eigenvalue weighted by atomic mass is 9.92. The van der Waals surface area contributed by atoms with Gasteiger partial charge in [-0.3, -0.25) is 4.79 Å². The molecule has 0 aromatic heterocycles. The van der Waals surface area contributed by atoms with Gasteiger partial charge in [-0.15, -0.1) is 0 Å². The highest BCUT2D eigenvalue weighted by molar-refractivity contribution is 9.10. The minimum Gasteiger partial charge on any atom is -0.338 e. The van der Waals surface area contributed by atoms with Crippen molar-refractivity contribution in [1.29, 1.82) is 0 Å². The fourth-order valence-corrected chi connectivity index (χ4v) is 2.52. The maximum atomic E-state index is 12.7. The van der Waals surface area contributed by atoms with Crippen LogP contribution in [0.3, 0.4) is 0 Å². The maximum Gasteiger partial charge on any atom is 0.255 e. The zero-order chi connectivity index (χ0) is 15.3. The molecule has 0 atom stereocenters. The van der Waals surface area contributed by atoms with E-state index in [1.54, 1.807) is 6.07 Å². The van der Waals surface area contributed by atoms with Crippen molar-refractivity contribution < 1.29 is 4.79 Å². The molecule has 1 aromatic carbocycles. The SMILES string of the molecule is CCCN(CC(C)(C)CN)C(=O)c1cccc(Br)c1Cl. The fraction of sp³-hybridized carbons (Fsp3) is 0.533. The summed E-state index contributed by atoms with van der Waals surface area (Å²) in [6.45, 7) is 8.03. The number of nitrogens with two attached hydrogens (primary N) is 1. The Hall–Kier alpha value is -0.580. The van der Waals surface area contributed by atoms with Crippen molar-refractivity contribution in [1.82, 2.24) is 4.90 Å². The third-order valence-electron chi connectivity index (χ3n) is 3.13. The van der Waals surface area contributed by atoms with Crippen LogP contribution in [0.1, 0.15) is 37.6 Å². The van der Waals surface area contributed by atoms with Crippen LogP contribution in [-0.4, -0.2) is 30.4 Å². The normalized spacial score (nSPS) is 11.5. The van der Waals surface area contributed by atoms with E-state index in [-0.39, 0.29) is 11.3 Å². The highest BCUT2D eigenvalue weighted by Gasteiger charge is 2.25. The minimum atomic E-state index is -0.108. The summed E-state index contributed by atoms with van der Waals surface area (Å²) in [5.41, 5.74) is 6.19. The Bertz CT molecular complexity index is 477. The van der Waals surface area contributed by atoms with Crippen LogP contribution < -0.4 is 5.73 Å². The van der Waals surface area contributed by atoms with E-state index in [1.165, 1.54) is 0 Å². The Labute approximate surface area is 134 Å². The monoisotopic (exact) mass is 360 g/mol. The highest BCUT2D eigenvalue weighted by Crippen LogP contribution is 2.28. The molecular formula is C15H22BrClN2O. The van der Waals surface area contributed by atoms with Crippen LogP contribution in [0.4, 0.5) is 0 Å². The second-order valence-corrected chi connectivity index (χ2v) is 6.93. The molecule has 0 spiro atoms. The molecule has 0 radical (unpaired) electrons. The van der Waals surface area contributed by atoms with Crippen molar-refractivity contribution in [3.63, 3.8) is 0 Å². The van der Waals surface area contributed by atoms with Crippen LogP contribution >= 0.6 is 27.5 Å². The summed E-state index contributed by atoms with van der Waals surface area (Å²) in [5, 5.41) is 0.462. The lowest BCUT2D eigenvalue weighted by Crippen LogP contribution is -2.42. The number of rotatable bonds is 6. The van der Waals surface area contributed by atoms with Gasteiger partial charge in [0.05, 0.1) is 10.6 Å². The van der Waals surface area contributed by atoms with Crippen LogP contribution in [0, 0.1) is 5.41 Å². The van der Waals surface area contributed by atoms with Gasteiger partial charge in [0.2, 0.25) is 0 Å². The summed E-state index contributed by atoms with van der Waals surface area (Å²) >= 11 is 9.57. The van der Waals surface area contributed by atoms with Crippen molar-refractivity contribution in [3.05, 3.63) is 33.3 Å². The van der Waals surface area contributed by atoms with Crippen molar-refractivity contribution in [3.8, 4) is 0 Å². The number of amides is 1. The number of benzene rings is 1. The van der Waals surface area contributed by atoms with Crippen LogP contribution in [0.25, 0.3) is 0 Å². The van der Waals surface area contributed by atoms with Crippen molar-refractivity contribution in [2.24, 2.45) is 11.1 Å². The molecule has 0 aliphatic heterocycles. The van der Waals surface area contributed by atoms with Crippen molar-refractivity contribution >= 4 is 33.4 Å². The molecule has 0 heterocycles. The summed E-state index contributed by atoms with van der Waals surface area (Å²) in [7, 11) is 0. The first-order chi connectivity index (χ1) is 9.32. The van der Waals surface area contributed by atoms with E-state index in [1.807, 2.05) is 17.0 Å². The van der Waals surface area contributed by atoms with E-state index in [2.05, 4.69) is 36.7 Å². The van der Waals surface area contributed by atoms with Gasteiger partial charge in [-0.25, -0.2) is 0 Å². The first-order valence-corrected chi connectivity index (χ1v) is 7.93. The molecule has 0 unspecified atom stereocenters. The van der Waals surface area contributed by atoms with Gasteiger partial charge < -0.3 is 10.6 Å². The first-order valence-electron chi connectivity index (χ1n) is 6.75. The molecule has 0 fully saturated rings. The van der Waals surface area contributed by atoms with E-state index in [9.17, 15) is 4.79 Å². The summed E-state index contributed by atoms with van der Waals surface area (Å²) in [5.74, 6) is -0.0420. The second kappa shape index (κ2) is 7.43. The van der Waals surface area contributed by atoms with E-state index in [4.69, 9.17) is 17.3 Å². The van der Waals surface area contributed by atoms with Gasteiger partial charge in [-0.2, -0.15) is 0 Å². The van der Waals surface area contributed by atoms with Crippen LogP contribution in [-0.2, 0) is 0 Å².